The van der Waals surface area contributed by atoms with Gasteiger partial charge < -0.3 is 9.47 Å². The molecule has 1 atom stereocenters. The third-order valence-corrected chi connectivity index (χ3v) is 2.73. The van der Waals surface area contributed by atoms with E-state index in [0.717, 1.165) is 6.42 Å². The van der Waals surface area contributed by atoms with Gasteiger partial charge in [-0.2, -0.15) is 5.26 Å². The Morgan fingerprint density at radius 3 is 2.77 bits per heavy atom. The maximum Gasteiger partial charge on any atom is 0.235 e. The van der Waals surface area contributed by atoms with Gasteiger partial charge in [0.25, 0.3) is 0 Å². The first kappa shape index (κ1) is 8.67. The van der Waals surface area contributed by atoms with Gasteiger partial charge in [-0.25, -0.2) is 0 Å². The molecule has 0 aromatic rings. The lowest BCUT2D eigenvalue weighted by atomic mass is 10.0. The van der Waals surface area contributed by atoms with Gasteiger partial charge in [0.15, 0.2) is 5.79 Å². The Bertz CT molecular complexity index is 263. The van der Waals surface area contributed by atoms with Crippen molar-refractivity contribution in [1.82, 2.24) is 0 Å². The Balaban J connectivity index is 2.01. The third kappa shape index (κ3) is 1.45. The van der Waals surface area contributed by atoms with Crippen LogP contribution >= 0.6 is 0 Å². The van der Waals surface area contributed by atoms with E-state index in [1.807, 2.05) is 0 Å². The van der Waals surface area contributed by atoms with Crippen molar-refractivity contribution in [2.24, 2.45) is 5.92 Å². The molecule has 0 radical (unpaired) electrons. The largest absolute Gasteiger partial charge is 0.348 e. The fourth-order valence-electron chi connectivity index (χ4n) is 2.05. The van der Waals surface area contributed by atoms with E-state index in [9.17, 15) is 4.79 Å². The molecule has 70 valence electrons. The number of nitriles is 1. The van der Waals surface area contributed by atoms with Gasteiger partial charge in [0, 0.05) is 18.8 Å². The number of ether oxygens (including phenoxy) is 2. The number of rotatable bonds is 1. The predicted octanol–water partition coefficient (Wildman–Crippen LogP) is 0.622. The van der Waals surface area contributed by atoms with E-state index in [4.69, 9.17) is 14.7 Å². The van der Waals surface area contributed by atoms with Crippen molar-refractivity contribution < 1.29 is 14.3 Å². The van der Waals surface area contributed by atoms with Crippen LogP contribution in [0.15, 0.2) is 0 Å². The lowest BCUT2D eigenvalue weighted by Crippen LogP contribution is -2.26. The van der Waals surface area contributed by atoms with Crippen molar-refractivity contribution in [3.8, 4) is 6.07 Å². The van der Waals surface area contributed by atoms with Crippen LogP contribution in [0.1, 0.15) is 19.3 Å². The summed E-state index contributed by atoms with van der Waals surface area (Å²) in [6.07, 6.45) is 2.01. The van der Waals surface area contributed by atoms with Crippen LogP contribution in [0.3, 0.4) is 0 Å². The van der Waals surface area contributed by atoms with Gasteiger partial charge in [0.05, 0.1) is 13.2 Å². The smallest absolute Gasteiger partial charge is 0.235 e. The maximum absolute atomic E-state index is 11.1. The van der Waals surface area contributed by atoms with Crippen LogP contribution in [0.25, 0.3) is 0 Å². The van der Waals surface area contributed by atoms with E-state index in [-0.39, 0.29) is 11.7 Å². The van der Waals surface area contributed by atoms with Crippen LogP contribution in [-0.2, 0) is 14.3 Å². The molecule has 0 N–H and O–H groups in total. The van der Waals surface area contributed by atoms with Gasteiger partial charge in [0.2, 0.25) is 5.78 Å². The lowest BCUT2D eigenvalue weighted by molar-refractivity contribution is -0.154. The van der Waals surface area contributed by atoms with Crippen LogP contribution in [0, 0.1) is 17.2 Å². The molecule has 1 unspecified atom stereocenters. The predicted molar refractivity (Wildman–Crippen MR) is 42.6 cm³/mol. The van der Waals surface area contributed by atoms with Crippen LogP contribution in [-0.4, -0.2) is 24.8 Å². The van der Waals surface area contributed by atoms with E-state index in [1.165, 1.54) is 0 Å². The molecule has 1 saturated heterocycles. The van der Waals surface area contributed by atoms with E-state index >= 15 is 0 Å². The first-order chi connectivity index (χ1) is 6.26. The molecule has 0 amide bonds. The van der Waals surface area contributed by atoms with Crippen molar-refractivity contribution in [1.29, 1.82) is 5.26 Å². The van der Waals surface area contributed by atoms with Crippen molar-refractivity contribution in [2.45, 2.75) is 25.0 Å². The maximum atomic E-state index is 11.1. The number of nitrogens with zero attached hydrogens (tertiary/aromatic N) is 1. The molecular formula is C9H11NO3. The van der Waals surface area contributed by atoms with Crippen LogP contribution < -0.4 is 0 Å². The summed E-state index contributed by atoms with van der Waals surface area (Å²) in [5, 5.41) is 8.45. The summed E-state index contributed by atoms with van der Waals surface area (Å²) < 4.78 is 10.9. The van der Waals surface area contributed by atoms with Gasteiger partial charge in [0.1, 0.15) is 6.07 Å². The Labute approximate surface area is 76.4 Å². The fraction of sp³-hybridized carbons (Fsp3) is 0.778. The van der Waals surface area contributed by atoms with Gasteiger partial charge in [-0.05, 0) is 6.42 Å². The highest BCUT2D eigenvalue weighted by atomic mass is 16.7. The molecule has 0 bridgehead atoms. The zero-order valence-corrected chi connectivity index (χ0v) is 7.28. The van der Waals surface area contributed by atoms with Gasteiger partial charge in [-0.15, -0.1) is 0 Å². The SMILES string of the molecule is N#CC(=O)C1CCC2(C1)OCCO2. The second-order valence-corrected chi connectivity index (χ2v) is 3.52. The second kappa shape index (κ2) is 3.09. The summed E-state index contributed by atoms with van der Waals surface area (Å²) in [6.45, 7) is 1.21. The Kier molecular flexibility index (Phi) is 2.06. The molecule has 1 spiro atoms. The van der Waals surface area contributed by atoms with Crippen LogP contribution in [0.4, 0.5) is 0 Å². The molecule has 1 aliphatic carbocycles. The number of ketones is 1. The molecule has 0 aromatic carbocycles. The minimum Gasteiger partial charge on any atom is -0.348 e. The zero-order chi connectivity index (χ0) is 9.31. The molecule has 1 saturated carbocycles. The summed E-state index contributed by atoms with van der Waals surface area (Å²) >= 11 is 0. The van der Waals surface area contributed by atoms with Gasteiger partial charge in [-0.1, -0.05) is 0 Å². The van der Waals surface area contributed by atoms with E-state index in [1.54, 1.807) is 6.07 Å². The minimum absolute atomic E-state index is 0.178. The minimum atomic E-state index is -0.531. The molecule has 2 aliphatic rings. The zero-order valence-electron chi connectivity index (χ0n) is 7.28. The van der Waals surface area contributed by atoms with E-state index in [0.29, 0.717) is 26.1 Å². The lowest BCUT2D eigenvalue weighted by Gasteiger charge is -2.20. The average molecular weight is 181 g/mol. The Morgan fingerprint density at radius 2 is 2.15 bits per heavy atom. The number of hydrogen-bond acceptors (Lipinski definition) is 4. The van der Waals surface area contributed by atoms with Crippen LogP contribution in [0.2, 0.25) is 0 Å². The molecule has 1 heterocycles. The highest BCUT2D eigenvalue weighted by Crippen LogP contribution is 2.40. The molecule has 4 nitrogen and oxygen atoms in total. The average Bonchev–Trinajstić information content (AvgIpc) is 2.76. The molecule has 0 aromatic heterocycles. The van der Waals surface area contributed by atoms with Crippen molar-refractivity contribution >= 4 is 5.78 Å². The molecule has 13 heavy (non-hydrogen) atoms. The summed E-state index contributed by atoms with van der Waals surface area (Å²) in [5.74, 6) is -1.05. The quantitative estimate of drug-likeness (QED) is 0.556. The topological polar surface area (TPSA) is 59.3 Å². The number of carbonyl (C=O) groups excluding carboxylic acids is 1. The standard InChI is InChI=1S/C9H11NO3/c10-6-8(11)7-1-2-9(5-7)12-3-4-13-9/h7H,1-5H2. The summed E-state index contributed by atoms with van der Waals surface area (Å²) in [7, 11) is 0. The molecule has 2 rings (SSSR count). The van der Waals surface area contributed by atoms with Crippen LogP contribution in [0.5, 0.6) is 0 Å². The molecule has 1 aliphatic heterocycles. The first-order valence-electron chi connectivity index (χ1n) is 4.48. The van der Waals surface area contributed by atoms with E-state index in [2.05, 4.69) is 0 Å². The summed E-state index contributed by atoms with van der Waals surface area (Å²) in [5.41, 5.74) is 0. The van der Waals surface area contributed by atoms with Gasteiger partial charge in [-0.3, -0.25) is 4.79 Å². The van der Waals surface area contributed by atoms with Crippen molar-refractivity contribution in [2.75, 3.05) is 13.2 Å². The van der Waals surface area contributed by atoms with Crippen molar-refractivity contribution in [3.63, 3.8) is 0 Å². The monoisotopic (exact) mass is 181 g/mol. The first-order valence-corrected chi connectivity index (χ1v) is 4.48. The normalized spacial score (nSPS) is 30.5. The van der Waals surface area contributed by atoms with Crippen molar-refractivity contribution in [3.05, 3.63) is 0 Å². The van der Waals surface area contributed by atoms with Gasteiger partial charge >= 0.3 is 0 Å². The second-order valence-electron chi connectivity index (χ2n) is 3.52. The molecule has 4 heteroatoms. The number of hydrogen-bond donors (Lipinski definition) is 0. The number of Topliss-reactive ketones (excluding diaryl/α,β-unsaturated/α-hetero) is 1. The molecular weight excluding hydrogens is 170 g/mol. The number of carbonyl (C=O) groups is 1. The highest BCUT2D eigenvalue weighted by Gasteiger charge is 2.46. The third-order valence-electron chi connectivity index (χ3n) is 2.73. The summed E-state index contributed by atoms with van der Waals surface area (Å²) in [4.78, 5) is 11.1. The van der Waals surface area contributed by atoms with E-state index < -0.39 is 5.79 Å². The summed E-state index contributed by atoms with van der Waals surface area (Å²) in [6, 6.07) is 1.66. The Hall–Kier alpha value is -0.920. The Morgan fingerprint density at radius 1 is 1.46 bits per heavy atom. The molecule has 2 fully saturated rings. The fourth-order valence-corrected chi connectivity index (χ4v) is 2.05. The highest BCUT2D eigenvalue weighted by molar-refractivity contribution is 5.95.